The van der Waals surface area contributed by atoms with Crippen molar-refractivity contribution in [3.8, 4) is 0 Å². The van der Waals surface area contributed by atoms with Crippen LogP contribution in [0.2, 0.25) is 0 Å². The fraction of sp³-hybridized carbons (Fsp3) is 1.00. The van der Waals surface area contributed by atoms with Gasteiger partial charge in [0, 0.05) is 13.2 Å². The number of ether oxygens (including phenoxy) is 11. The molecule has 0 unspecified atom stereocenters. The molecular weight excluding hydrogens is 598 g/mol. The largest absolute Gasteiger partial charge is 0.379 e. The zero-order chi connectivity index (χ0) is 33.3. The Morgan fingerprint density at radius 2 is 0.478 bits per heavy atom. The molecule has 0 fully saturated rings. The van der Waals surface area contributed by atoms with Crippen molar-refractivity contribution < 1.29 is 52.1 Å². The predicted molar refractivity (Wildman–Crippen MR) is 180 cm³/mol. The Morgan fingerprint density at radius 1 is 0.261 bits per heavy atom. The molecular formula is C34H71NO11. The standard InChI is InChI=1S/C34H71NO11/c1-4-5-6-7-8-9-10-11-13-36-15-17-38-19-21-40-23-25-42-27-29-44-31-33-46-34-32-45-30-28-43-26-24-41-22-20-39-18-16-37-14-12-35(2)3/h4-34H2,1-3H3. The number of hydrogen-bond acceptors (Lipinski definition) is 12. The second-order valence-corrected chi connectivity index (χ2v) is 11.0. The van der Waals surface area contributed by atoms with Crippen LogP contribution in [0.4, 0.5) is 0 Å². The van der Waals surface area contributed by atoms with E-state index in [0.717, 1.165) is 26.2 Å². The fourth-order valence-electron chi connectivity index (χ4n) is 3.89. The summed E-state index contributed by atoms with van der Waals surface area (Å²) >= 11 is 0. The molecule has 12 nitrogen and oxygen atoms in total. The summed E-state index contributed by atoms with van der Waals surface area (Å²) in [7, 11) is 4.05. The van der Waals surface area contributed by atoms with Gasteiger partial charge in [-0.05, 0) is 20.5 Å². The van der Waals surface area contributed by atoms with Gasteiger partial charge in [-0.3, -0.25) is 0 Å². The van der Waals surface area contributed by atoms with Crippen LogP contribution in [0.1, 0.15) is 58.3 Å². The molecule has 0 aliphatic carbocycles. The average Bonchev–Trinajstić information content (AvgIpc) is 3.05. The molecule has 0 aromatic carbocycles. The maximum absolute atomic E-state index is 5.62. The second-order valence-electron chi connectivity index (χ2n) is 11.0. The van der Waals surface area contributed by atoms with E-state index in [-0.39, 0.29) is 0 Å². The van der Waals surface area contributed by atoms with E-state index < -0.39 is 0 Å². The molecule has 0 radical (unpaired) electrons. The van der Waals surface area contributed by atoms with Gasteiger partial charge in [-0.1, -0.05) is 51.9 Å². The van der Waals surface area contributed by atoms with Gasteiger partial charge in [-0.15, -0.1) is 0 Å². The molecule has 0 saturated heterocycles. The summed E-state index contributed by atoms with van der Waals surface area (Å²) in [6.07, 6.45) is 10.5. The molecule has 0 aromatic heterocycles. The summed E-state index contributed by atoms with van der Waals surface area (Å²) in [5.74, 6) is 0. The predicted octanol–water partition coefficient (Wildman–Crippen LogP) is 3.87. The maximum Gasteiger partial charge on any atom is 0.0701 e. The summed E-state index contributed by atoms with van der Waals surface area (Å²) in [5.41, 5.74) is 0. The number of likely N-dealkylation sites (N-methyl/N-ethyl adjacent to an activating group) is 1. The number of rotatable bonds is 42. The Kier molecular flexibility index (Phi) is 42.1. The van der Waals surface area contributed by atoms with Crippen molar-refractivity contribution in [2.45, 2.75) is 58.3 Å². The van der Waals surface area contributed by atoms with Gasteiger partial charge in [-0.25, -0.2) is 0 Å². The van der Waals surface area contributed by atoms with Gasteiger partial charge in [0.05, 0.1) is 139 Å². The lowest BCUT2D eigenvalue weighted by Gasteiger charge is -2.10. The topological polar surface area (TPSA) is 105 Å². The van der Waals surface area contributed by atoms with Gasteiger partial charge in [0.1, 0.15) is 0 Å². The average molecular weight is 670 g/mol. The SMILES string of the molecule is CCCCCCCCCCOCCOCCOCCOCCOCCOCCOCCOCCOCCOCCOCCN(C)C. The molecule has 46 heavy (non-hydrogen) atoms. The highest BCUT2D eigenvalue weighted by molar-refractivity contribution is 4.46. The van der Waals surface area contributed by atoms with E-state index in [1.54, 1.807) is 0 Å². The van der Waals surface area contributed by atoms with Crippen molar-refractivity contribution >= 4 is 0 Å². The molecule has 0 amide bonds. The van der Waals surface area contributed by atoms with Crippen LogP contribution in [-0.2, 0) is 52.1 Å². The van der Waals surface area contributed by atoms with Crippen molar-refractivity contribution in [3.63, 3.8) is 0 Å². The first-order valence-electron chi connectivity index (χ1n) is 17.8. The summed E-state index contributed by atoms with van der Waals surface area (Å²) in [6, 6.07) is 0. The fourth-order valence-corrected chi connectivity index (χ4v) is 3.89. The zero-order valence-corrected chi connectivity index (χ0v) is 29.9. The van der Waals surface area contributed by atoms with Gasteiger partial charge in [0.25, 0.3) is 0 Å². The van der Waals surface area contributed by atoms with Gasteiger partial charge in [-0.2, -0.15) is 0 Å². The summed E-state index contributed by atoms with van der Waals surface area (Å²) in [6.45, 7) is 15.8. The molecule has 0 spiro atoms. The first-order valence-corrected chi connectivity index (χ1v) is 17.8. The van der Waals surface area contributed by atoms with Crippen LogP contribution in [-0.4, -0.2) is 171 Å². The molecule has 0 aliphatic rings. The highest BCUT2D eigenvalue weighted by Gasteiger charge is 1.97. The van der Waals surface area contributed by atoms with Crippen LogP contribution in [0.25, 0.3) is 0 Å². The molecule has 0 heterocycles. The molecule has 0 saturated carbocycles. The highest BCUT2D eigenvalue weighted by atomic mass is 16.6. The van der Waals surface area contributed by atoms with Crippen LogP contribution in [0.5, 0.6) is 0 Å². The van der Waals surface area contributed by atoms with Crippen molar-refractivity contribution in [1.82, 2.24) is 4.90 Å². The van der Waals surface area contributed by atoms with E-state index in [1.807, 2.05) is 14.1 Å². The molecule has 0 aliphatic heterocycles. The zero-order valence-electron chi connectivity index (χ0n) is 29.9. The van der Waals surface area contributed by atoms with Crippen molar-refractivity contribution in [1.29, 1.82) is 0 Å². The number of unbranched alkanes of at least 4 members (excludes halogenated alkanes) is 7. The van der Waals surface area contributed by atoms with Crippen LogP contribution in [0, 0.1) is 0 Å². The normalized spacial score (nSPS) is 11.7. The molecule has 0 aromatic rings. The minimum Gasteiger partial charge on any atom is -0.379 e. The maximum atomic E-state index is 5.62. The van der Waals surface area contributed by atoms with E-state index in [2.05, 4.69) is 11.8 Å². The van der Waals surface area contributed by atoms with Crippen LogP contribution in [0.3, 0.4) is 0 Å². The Morgan fingerprint density at radius 3 is 0.739 bits per heavy atom. The monoisotopic (exact) mass is 670 g/mol. The Balaban J connectivity index is 3.04. The Hall–Kier alpha value is -0.480. The third-order valence-electron chi connectivity index (χ3n) is 6.55. The minimum atomic E-state index is 0.525. The molecule has 0 atom stereocenters. The van der Waals surface area contributed by atoms with E-state index in [1.165, 1.54) is 44.9 Å². The number of nitrogens with zero attached hydrogens (tertiary/aromatic N) is 1. The summed E-state index contributed by atoms with van der Waals surface area (Å²) < 4.78 is 60.5. The van der Waals surface area contributed by atoms with E-state index >= 15 is 0 Å². The Labute approximate surface area is 281 Å². The lowest BCUT2D eigenvalue weighted by Crippen LogP contribution is -2.19. The van der Waals surface area contributed by atoms with Gasteiger partial charge in [0.15, 0.2) is 0 Å². The first kappa shape index (κ1) is 45.5. The molecule has 0 bridgehead atoms. The van der Waals surface area contributed by atoms with E-state index in [9.17, 15) is 0 Å². The van der Waals surface area contributed by atoms with E-state index in [4.69, 9.17) is 52.1 Å². The van der Waals surface area contributed by atoms with Crippen molar-refractivity contribution in [2.24, 2.45) is 0 Å². The van der Waals surface area contributed by atoms with Crippen LogP contribution in [0.15, 0.2) is 0 Å². The first-order chi connectivity index (χ1) is 22.8. The highest BCUT2D eigenvalue weighted by Crippen LogP contribution is 2.08. The summed E-state index contributed by atoms with van der Waals surface area (Å²) in [5, 5.41) is 0. The molecule has 0 N–H and O–H groups in total. The lowest BCUT2D eigenvalue weighted by atomic mass is 10.1. The van der Waals surface area contributed by atoms with Gasteiger partial charge < -0.3 is 57.0 Å². The van der Waals surface area contributed by atoms with Crippen molar-refractivity contribution in [2.75, 3.05) is 166 Å². The molecule has 12 heteroatoms. The quantitative estimate of drug-likeness (QED) is 0.0882. The smallest absolute Gasteiger partial charge is 0.0701 e. The van der Waals surface area contributed by atoms with Gasteiger partial charge >= 0.3 is 0 Å². The van der Waals surface area contributed by atoms with Crippen LogP contribution < -0.4 is 0 Å². The third-order valence-corrected chi connectivity index (χ3v) is 6.55. The van der Waals surface area contributed by atoms with Gasteiger partial charge in [0.2, 0.25) is 0 Å². The molecule has 278 valence electrons. The number of hydrogen-bond donors (Lipinski definition) is 0. The summed E-state index contributed by atoms with van der Waals surface area (Å²) in [4.78, 5) is 2.09. The van der Waals surface area contributed by atoms with E-state index in [0.29, 0.717) is 132 Å². The second kappa shape index (κ2) is 42.5. The molecule has 0 rings (SSSR count). The third kappa shape index (κ3) is 43.5. The van der Waals surface area contributed by atoms with Crippen LogP contribution >= 0.6 is 0 Å². The van der Waals surface area contributed by atoms with Crippen molar-refractivity contribution in [3.05, 3.63) is 0 Å². The minimum absolute atomic E-state index is 0.525. The Bertz CT molecular complexity index is 535. The lowest BCUT2D eigenvalue weighted by molar-refractivity contribution is -0.0276.